The van der Waals surface area contributed by atoms with Gasteiger partial charge in [0.1, 0.15) is 5.39 Å². The molecule has 0 radical (unpaired) electrons. The summed E-state index contributed by atoms with van der Waals surface area (Å²) in [6, 6.07) is 6.28. The number of anilines is 2. The summed E-state index contributed by atoms with van der Waals surface area (Å²) in [7, 11) is 0. The Bertz CT molecular complexity index is 1450. The highest BCUT2D eigenvalue weighted by molar-refractivity contribution is 5.79. The molecule has 3 aromatic rings. The number of nitrogens with zero attached hydrogens (tertiary/aromatic N) is 5. The molecule has 0 spiro atoms. The van der Waals surface area contributed by atoms with E-state index in [0.717, 1.165) is 18.8 Å². The molecule has 0 bridgehead atoms. The van der Waals surface area contributed by atoms with Crippen molar-refractivity contribution in [1.29, 1.82) is 0 Å². The first-order chi connectivity index (χ1) is 17.5. The maximum Gasteiger partial charge on any atom is 0.278 e. The van der Waals surface area contributed by atoms with E-state index in [0.29, 0.717) is 29.2 Å². The number of aliphatic hydroxyl groups is 1. The van der Waals surface area contributed by atoms with Crippen LogP contribution in [-0.2, 0) is 18.5 Å². The Balaban J connectivity index is 1.75. The average Bonchev–Trinajstić information content (AvgIpc) is 3.09. The van der Waals surface area contributed by atoms with E-state index in [1.807, 2.05) is 12.1 Å². The smallest absolute Gasteiger partial charge is 0.278 e. The van der Waals surface area contributed by atoms with Gasteiger partial charge in [-0.15, -0.1) is 6.58 Å². The highest BCUT2D eigenvalue weighted by atomic mass is 16.3. The van der Waals surface area contributed by atoms with Crippen molar-refractivity contribution in [1.82, 2.24) is 24.6 Å². The number of fused-ring (bicyclic) bond motifs is 2. The first kappa shape index (κ1) is 26.2. The van der Waals surface area contributed by atoms with E-state index < -0.39 is 5.60 Å². The minimum absolute atomic E-state index is 0.0630. The van der Waals surface area contributed by atoms with Gasteiger partial charge in [-0.25, -0.2) is 19.3 Å². The molecule has 0 amide bonds. The van der Waals surface area contributed by atoms with Crippen LogP contribution in [0.1, 0.15) is 45.2 Å². The molecule has 3 N–H and O–H groups in total. The molecule has 0 saturated heterocycles. The van der Waals surface area contributed by atoms with Crippen LogP contribution in [0.3, 0.4) is 0 Å². The minimum atomic E-state index is -0.826. The Hall–Kier alpha value is -3.82. The van der Waals surface area contributed by atoms with Crippen molar-refractivity contribution in [3.63, 3.8) is 0 Å². The summed E-state index contributed by atoms with van der Waals surface area (Å²) < 4.78 is 3.11. The third-order valence-electron chi connectivity index (χ3n) is 6.33. The SMILES string of the molecule is C=CCn1c(=O)c2cnc(Nc3ccc4c(c3)CNCC4(C)C)nc2n1/C(=C/C=C\CC(C)(C)O)N=C. The number of hydrogen-bond acceptors (Lipinski definition) is 7. The molecule has 0 atom stereocenters. The number of allylic oxidation sites excluding steroid dienone is 3. The van der Waals surface area contributed by atoms with Crippen molar-refractivity contribution < 1.29 is 5.11 Å². The molecule has 2 aromatic heterocycles. The maximum atomic E-state index is 13.2. The lowest BCUT2D eigenvalue weighted by atomic mass is 9.79. The fraction of sp³-hybridized carbons (Fsp3) is 0.357. The van der Waals surface area contributed by atoms with Crippen molar-refractivity contribution in [3.8, 4) is 0 Å². The zero-order valence-corrected chi connectivity index (χ0v) is 22.0. The molecule has 1 aliphatic heterocycles. The van der Waals surface area contributed by atoms with Gasteiger partial charge in [0.15, 0.2) is 11.5 Å². The summed E-state index contributed by atoms with van der Waals surface area (Å²) in [5.41, 5.74) is 2.81. The quantitative estimate of drug-likeness (QED) is 0.231. The molecule has 0 fully saturated rings. The van der Waals surface area contributed by atoms with Crippen molar-refractivity contribution in [3.05, 3.63) is 76.8 Å². The minimum Gasteiger partial charge on any atom is -0.390 e. The normalized spacial score (nSPS) is 15.6. The largest absolute Gasteiger partial charge is 0.390 e. The second kappa shape index (κ2) is 10.3. The molecule has 0 aliphatic carbocycles. The molecule has 1 aliphatic rings. The molecule has 0 unspecified atom stereocenters. The molecular formula is C28H35N7O2. The van der Waals surface area contributed by atoms with Gasteiger partial charge in [0, 0.05) is 30.4 Å². The van der Waals surface area contributed by atoms with E-state index in [1.165, 1.54) is 22.0 Å². The Morgan fingerprint density at radius 2 is 2.16 bits per heavy atom. The lowest BCUT2D eigenvalue weighted by Gasteiger charge is -2.33. The monoisotopic (exact) mass is 501 g/mol. The van der Waals surface area contributed by atoms with Crippen molar-refractivity contribution in [2.75, 3.05) is 11.9 Å². The van der Waals surface area contributed by atoms with Crippen molar-refractivity contribution in [2.24, 2.45) is 4.99 Å². The van der Waals surface area contributed by atoms with Gasteiger partial charge in [-0.3, -0.25) is 4.79 Å². The highest BCUT2D eigenvalue weighted by Crippen LogP contribution is 2.31. The van der Waals surface area contributed by atoms with Crippen molar-refractivity contribution in [2.45, 2.75) is 58.2 Å². The molecular weight excluding hydrogens is 466 g/mol. The standard InChI is InChI=1S/C28H35N7O2/c1-7-14-34-25(36)21-17-31-26(32-20-11-12-22-19(15-20)16-30-18-27(22,2)3)33-24(21)35(34)23(29-6)10-8-9-13-28(4,5)37/h7-12,15,17,30,37H,1,6,13-14,16,18H2,2-5H3,(H,31,32,33)/b9-8-,23-10+. The second-order valence-corrected chi connectivity index (χ2v) is 10.5. The molecule has 4 rings (SSSR count). The molecule has 1 aromatic carbocycles. The Labute approximate surface area is 217 Å². The van der Waals surface area contributed by atoms with Crippen LogP contribution in [0.5, 0.6) is 0 Å². The third kappa shape index (κ3) is 5.63. The van der Waals surface area contributed by atoms with E-state index in [2.05, 4.69) is 64.9 Å². The lowest BCUT2D eigenvalue weighted by Crippen LogP contribution is -2.38. The van der Waals surface area contributed by atoms with Crippen molar-refractivity contribution >= 4 is 35.2 Å². The fourth-order valence-electron chi connectivity index (χ4n) is 4.52. The second-order valence-electron chi connectivity index (χ2n) is 10.5. The van der Waals surface area contributed by atoms with E-state index in [9.17, 15) is 9.90 Å². The van der Waals surface area contributed by atoms with Gasteiger partial charge >= 0.3 is 0 Å². The van der Waals surface area contributed by atoms with Gasteiger partial charge in [0.25, 0.3) is 5.56 Å². The molecule has 9 heteroatoms. The van der Waals surface area contributed by atoms with E-state index in [-0.39, 0.29) is 17.5 Å². The van der Waals surface area contributed by atoms with Gasteiger partial charge in [-0.05, 0) is 56.3 Å². The van der Waals surface area contributed by atoms with E-state index in [4.69, 9.17) is 0 Å². The number of aliphatic imine (C=N–C) groups is 1. The Morgan fingerprint density at radius 3 is 2.86 bits per heavy atom. The topological polar surface area (TPSA) is 109 Å². The van der Waals surface area contributed by atoms with Gasteiger partial charge in [0.05, 0.1) is 12.1 Å². The molecule has 0 saturated carbocycles. The van der Waals surface area contributed by atoms with Crippen LogP contribution in [-0.4, -0.2) is 43.3 Å². The number of aromatic nitrogens is 4. The summed E-state index contributed by atoms with van der Waals surface area (Å²) in [5, 5.41) is 17.1. The number of hydrogen-bond donors (Lipinski definition) is 3. The first-order valence-corrected chi connectivity index (χ1v) is 12.3. The number of benzene rings is 1. The van der Waals surface area contributed by atoms with Crippen LogP contribution in [0.15, 0.2) is 65.1 Å². The van der Waals surface area contributed by atoms with Gasteiger partial charge in [-0.1, -0.05) is 38.1 Å². The summed E-state index contributed by atoms with van der Waals surface area (Å²) in [5.74, 6) is 0.772. The fourth-order valence-corrected chi connectivity index (χ4v) is 4.52. The summed E-state index contributed by atoms with van der Waals surface area (Å²) in [6.07, 6.45) is 8.96. The van der Waals surface area contributed by atoms with Crippen LogP contribution < -0.4 is 16.2 Å². The maximum absolute atomic E-state index is 13.2. The average molecular weight is 502 g/mol. The van der Waals surface area contributed by atoms with Crippen LogP contribution in [0.2, 0.25) is 0 Å². The first-order valence-electron chi connectivity index (χ1n) is 12.3. The van der Waals surface area contributed by atoms with Gasteiger partial charge in [-0.2, -0.15) is 4.98 Å². The Morgan fingerprint density at radius 1 is 1.38 bits per heavy atom. The summed E-state index contributed by atoms with van der Waals surface area (Å²) in [6.45, 7) is 17.4. The van der Waals surface area contributed by atoms with E-state index in [1.54, 1.807) is 36.8 Å². The van der Waals surface area contributed by atoms with Crippen LogP contribution in [0.25, 0.3) is 16.9 Å². The molecule has 9 nitrogen and oxygen atoms in total. The predicted molar refractivity (Wildman–Crippen MR) is 150 cm³/mol. The molecule has 194 valence electrons. The molecule has 37 heavy (non-hydrogen) atoms. The van der Waals surface area contributed by atoms with Gasteiger partial charge < -0.3 is 15.7 Å². The highest BCUT2D eigenvalue weighted by Gasteiger charge is 2.27. The van der Waals surface area contributed by atoms with Crippen LogP contribution >= 0.6 is 0 Å². The zero-order valence-electron chi connectivity index (χ0n) is 22.0. The lowest BCUT2D eigenvalue weighted by molar-refractivity contribution is 0.0839. The third-order valence-corrected chi connectivity index (χ3v) is 6.33. The van der Waals surface area contributed by atoms with Crippen LogP contribution in [0.4, 0.5) is 11.6 Å². The van der Waals surface area contributed by atoms with Gasteiger partial charge in [0.2, 0.25) is 5.95 Å². The zero-order chi connectivity index (χ0) is 26.8. The van der Waals surface area contributed by atoms with E-state index >= 15 is 0 Å². The number of rotatable bonds is 9. The summed E-state index contributed by atoms with van der Waals surface area (Å²) in [4.78, 5) is 26.4. The predicted octanol–water partition coefficient (Wildman–Crippen LogP) is 4.12. The number of nitrogens with one attached hydrogen (secondary N) is 2. The molecule has 3 heterocycles. The van der Waals surface area contributed by atoms with Crippen LogP contribution in [0, 0.1) is 0 Å². The Kier molecular flexibility index (Phi) is 7.29. The summed E-state index contributed by atoms with van der Waals surface area (Å²) >= 11 is 0.